The van der Waals surface area contributed by atoms with Crippen LogP contribution in [0.2, 0.25) is 0 Å². The van der Waals surface area contributed by atoms with Crippen molar-refractivity contribution in [2.45, 2.75) is 25.4 Å². The van der Waals surface area contributed by atoms with Gasteiger partial charge in [-0.05, 0) is 31.0 Å². The summed E-state index contributed by atoms with van der Waals surface area (Å²) >= 11 is 0. The highest BCUT2D eigenvalue weighted by atomic mass is 16.6. The second kappa shape index (κ2) is 5.33. The number of piperidine rings is 1. The summed E-state index contributed by atoms with van der Waals surface area (Å²) in [5.41, 5.74) is 6.80. The number of anilines is 1. The van der Waals surface area contributed by atoms with E-state index in [9.17, 15) is 14.9 Å². The molecule has 0 radical (unpaired) electrons. The van der Waals surface area contributed by atoms with Gasteiger partial charge in [0.2, 0.25) is 5.91 Å². The number of rotatable bonds is 3. The number of nitro groups is 1. The van der Waals surface area contributed by atoms with Gasteiger partial charge in [-0.2, -0.15) is 0 Å². The molecule has 2 unspecified atom stereocenters. The average molecular weight is 290 g/mol. The van der Waals surface area contributed by atoms with Crippen LogP contribution in [-0.2, 0) is 11.3 Å². The molecule has 7 heteroatoms. The Bertz CT molecular complexity index is 590. The Morgan fingerprint density at radius 3 is 3.00 bits per heavy atom. The first-order valence-electron chi connectivity index (χ1n) is 7.11. The highest BCUT2D eigenvalue weighted by Crippen LogP contribution is 2.29. The van der Waals surface area contributed by atoms with Crippen LogP contribution in [0.4, 0.5) is 11.4 Å². The van der Waals surface area contributed by atoms with E-state index in [0.717, 1.165) is 24.9 Å². The van der Waals surface area contributed by atoms with Crippen LogP contribution in [0.5, 0.6) is 0 Å². The Morgan fingerprint density at radius 1 is 1.48 bits per heavy atom. The number of nitrogens with zero attached hydrogens (tertiary/aromatic N) is 2. The second-order valence-corrected chi connectivity index (χ2v) is 5.68. The number of nitrogens with one attached hydrogen (secondary N) is 1. The molecule has 0 aromatic heterocycles. The molecular weight excluding hydrogens is 272 g/mol. The van der Waals surface area contributed by atoms with Gasteiger partial charge in [-0.15, -0.1) is 0 Å². The molecule has 3 rings (SSSR count). The lowest BCUT2D eigenvalue weighted by molar-refractivity contribution is -0.383. The lowest BCUT2D eigenvalue weighted by atomic mass is 9.91. The molecule has 21 heavy (non-hydrogen) atoms. The lowest BCUT2D eigenvalue weighted by Crippen LogP contribution is -2.44. The smallest absolute Gasteiger partial charge is 0.292 e. The summed E-state index contributed by atoms with van der Waals surface area (Å²) in [5, 5.41) is 13.7. The van der Waals surface area contributed by atoms with Crippen molar-refractivity contribution in [3.8, 4) is 0 Å². The van der Waals surface area contributed by atoms with E-state index in [1.807, 2.05) is 0 Å². The molecule has 2 saturated heterocycles. The van der Waals surface area contributed by atoms with E-state index in [1.165, 1.54) is 6.07 Å². The third-order valence-electron chi connectivity index (χ3n) is 4.39. The van der Waals surface area contributed by atoms with E-state index < -0.39 is 4.92 Å². The summed E-state index contributed by atoms with van der Waals surface area (Å²) in [6.07, 6.45) is 1.94. The van der Waals surface area contributed by atoms with E-state index in [-0.39, 0.29) is 29.2 Å². The fraction of sp³-hybridized carbons (Fsp3) is 0.500. The minimum atomic E-state index is -0.477. The minimum Gasteiger partial charge on any atom is -0.393 e. The number of hydrogen-bond donors (Lipinski definition) is 2. The summed E-state index contributed by atoms with van der Waals surface area (Å²) in [5.74, 6) is 0.224. The van der Waals surface area contributed by atoms with Crippen molar-refractivity contribution in [2.75, 3.05) is 18.8 Å². The van der Waals surface area contributed by atoms with Crippen LogP contribution in [0.15, 0.2) is 18.2 Å². The standard InChI is InChI=1S/C14H18N4O3/c15-11-6-9(3-4-12(11)18(20)21)8-17-5-1-2-10-13(17)7-16-14(10)19/h3-4,6,10,13H,1-2,5,7-8,15H2,(H,16,19). The maximum atomic E-state index is 11.7. The van der Waals surface area contributed by atoms with Gasteiger partial charge in [0.1, 0.15) is 5.69 Å². The van der Waals surface area contributed by atoms with E-state index in [4.69, 9.17) is 5.73 Å². The quantitative estimate of drug-likeness (QED) is 0.489. The SMILES string of the molecule is Nc1cc(CN2CCCC3C(=O)NCC32)ccc1[N+](=O)[O-]. The Balaban J connectivity index is 1.75. The first kappa shape index (κ1) is 13.8. The van der Waals surface area contributed by atoms with Crippen LogP contribution in [0, 0.1) is 16.0 Å². The minimum absolute atomic E-state index is 0.0621. The van der Waals surface area contributed by atoms with Gasteiger partial charge in [-0.3, -0.25) is 19.8 Å². The van der Waals surface area contributed by atoms with E-state index >= 15 is 0 Å². The Morgan fingerprint density at radius 2 is 2.29 bits per heavy atom. The van der Waals surface area contributed by atoms with Crippen LogP contribution in [0.25, 0.3) is 0 Å². The number of fused-ring (bicyclic) bond motifs is 1. The van der Waals surface area contributed by atoms with Crippen molar-refractivity contribution < 1.29 is 9.72 Å². The number of benzene rings is 1. The van der Waals surface area contributed by atoms with Crippen LogP contribution in [0.1, 0.15) is 18.4 Å². The summed E-state index contributed by atoms with van der Waals surface area (Å²) in [7, 11) is 0. The normalized spacial score (nSPS) is 25.4. The first-order valence-corrected chi connectivity index (χ1v) is 7.11. The summed E-state index contributed by atoms with van der Waals surface area (Å²) in [4.78, 5) is 24.3. The number of nitro benzene ring substituents is 1. The van der Waals surface area contributed by atoms with Gasteiger partial charge in [0.05, 0.1) is 10.8 Å². The van der Waals surface area contributed by atoms with Crippen molar-refractivity contribution in [1.82, 2.24) is 10.2 Å². The topological polar surface area (TPSA) is 102 Å². The van der Waals surface area contributed by atoms with Gasteiger partial charge in [0.25, 0.3) is 5.69 Å². The highest BCUT2D eigenvalue weighted by Gasteiger charge is 2.40. The van der Waals surface area contributed by atoms with E-state index in [1.54, 1.807) is 12.1 Å². The molecule has 0 aliphatic carbocycles. The third kappa shape index (κ3) is 2.56. The molecule has 3 N–H and O–H groups in total. The van der Waals surface area contributed by atoms with Crippen molar-refractivity contribution in [1.29, 1.82) is 0 Å². The van der Waals surface area contributed by atoms with Gasteiger partial charge >= 0.3 is 0 Å². The van der Waals surface area contributed by atoms with Crippen molar-refractivity contribution in [3.05, 3.63) is 33.9 Å². The Hall–Kier alpha value is -2.15. The third-order valence-corrected chi connectivity index (χ3v) is 4.39. The zero-order valence-electron chi connectivity index (χ0n) is 11.6. The van der Waals surface area contributed by atoms with Gasteiger partial charge in [0, 0.05) is 25.2 Å². The Labute approximate surface area is 122 Å². The molecule has 0 bridgehead atoms. The van der Waals surface area contributed by atoms with Gasteiger partial charge in [-0.25, -0.2) is 0 Å². The lowest BCUT2D eigenvalue weighted by Gasteiger charge is -2.35. The fourth-order valence-electron chi connectivity index (χ4n) is 3.34. The number of likely N-dealkylation sites (tertiary alicyclic amines) is 1. The van der Waals surface area contributed by atoms with Crippen molar-refractivity contribution in [2.24, 2.45) is 5.92 Å². The number of nitrogens with two attached hydrogens (primary N) is 1. The largest absolute Gasteiger partial charge is 0.393 e. The number of nitrogen functional groups attached to an aromatic ring is 1. The molecule has 1 aromatic carbocycles. The predicted octanol–water partition coefficient (Wildman–Crippen LogP) is 0.887. The van der Waals surface area contributed by atoms with E-state index in [0.29, 0.717) is 13.1 Å². The molecule has 2 aliphatic rings. The summed E-state index contributed by atoms with van der Waals surface area (Å²) in [6, 6.07) is 5.07. The van der Waals surface area contributed by atoms with Gasteiger partial charge in [0.15, 0.2) is 0 Å². The molecule has 0 spiro atoms. The number of hydrogen-bond acceptors (Lipinski definition) is 5. The molecular formula is C14H18N4O3. The number of carbonyl (C=O) groups is 1. The molecule has 2 aliphatic heterocycles. The van der Waals surface area contributed by atoms with Crippen LogP contribution < -0.4 is 11.1 Å². The zero-order chi connectivity index (χ0) is 15.0. The number of carbonyl (C=O) groups excluding carboxylic acids is 1. The fourth-order valence-corrected chi connectivity index (χ4v) is 3.34. The zero-order valence-corrected chi connectivity index (χ0v) is 11.6. The maximum absolute atomic E-state index is 11.7. The molecule has 1 aromatic rings. The highest BCUT2D eigenvalue weighted by molar-refractivity contribution is 5.82. The van der Waals surface area contributed by atoms with Crippen LogP contribution >= 0.6 is 0 Å². The monoisotopic (exact) mass is 290 g/mol. The molecule has 7 nitrogen and oxygen atoms in total. The molecule has 0 saturated carbocycles. The molecule has 2 heterocycles. The van der Waals surface area contributed by atoms with Gasteiger partial charge in [-0.1, -0.05) is 6.07 Å². The summed E-state index contributed by atoms with van der Waals surface area (Å²) < 4.78 is 0. The van der Waals surface area contributed by atoms with Crippen LogP contribution in [-0.4, -0.2) is 34.9 Å². The van der Waals surface area contributed by atoms with E-state index in [2.05, 4.69) is 10.2 Å². The van der Waals surface area contributed by atoms with Crippen molar-refractivity contribution in [3.63, 3.8) is 0 Å². The molecule has 2 fully saturated rings. The predicted molar refractivity (Wildman–Crippen MR) is 77.4 cm³/mol. The average Bonchev–Trinajstić information content (AvgIpc) is 2.81. The van der Waals surface area contributed by atoms with Crippen molar-refractivity contribution >= 4 is 17.3 Å². The first-order chi connectivity index (χ1) is 10.1. The second-order valence-electron chi connectivity index (χ2n) is 5.68. The Kier molecular flexibility index (Phi) is 3.50. The van der Waals surface area contributed by atoms with Gasteiger partial charge < -0.3 is 11.1 Å². The molecule has 112 valence electrons. The number of amides is 1. The molecule has 1 amide bonds. The maximum Gasteiger partial charge on any atom is 0.292 e. The molecule has 2 atom stereocenters. The van der Waals surface area contributed by atoms with Crippen LogP contribution in [0.3, 0.4) is 0 Å². The summed E-state index contributed by atoms with van der Waals surface area (Å²) in [6.45, 7) is 2.29.